The minimum atomic E-state index is -0.854. The van der Waals surface area contributed by atoms with Crippen LogP contribution in [0, 0.1) is 5.92 Å². The molecule has 4 N–H and O–H groups in total. The van der Waals surface area contributed by atoms with Gasteiger partial charge in [-0.25, -0.2) is 9.78 Å². The van der Waals surface area contributed by atoms with Crippen LogP contribution in [0.2, 0.25) is 0 Å². The largest absolute Gasteiger partial charge is 0.494 e. The van der Waals surface area contributed by atoms with Crippen LogP contribution in [0.25, 0.3) is 11.0 Å². The van der Waals surface area contributed by atoms with Gasteiger partial charge in [0.15, 0.2) is 5.16 Å². The Morgan fingerprint density at radius 3 is 2.78 bits per heavy atom. The molecule has 1 atom stereocenters. The Morgan fingerprint density at radius 2 is 2.17 bits per heavy atom. The normalized spacial score (nSPS) is 12.3. The molecule has 0 radical (unpaired) electrons. The van der Waals surface area contributed by atoms with Gasteiger partial charge in [0, 0.05) is 6.07 Å². The molecule has 2 rings (SSSR count). The number of imide groups is 1. The van der Waals surface area contributed by atoms with Gasteiger partial charge in [0.25, 0.3) is 0 Å². The third-order valence-corrected chi connectivity index (χ3v) is 4.52. The fourth-order valence-corrected chi connectivity index (χ4v) is 3.08. The molecule has 0 aliphatic heterocycles. The summed E-state index contributed by atoms with van der Waals surface area (Å²) in [7, 11) is 0. The number of nitrogens with two attached hydrogens (primary N) is 1. The number of thioether (sulfide) groups is 1. The van der Waals surface area contributed by atoms with Crippen molar-refractivity contribution in [2.45, 2.75) is 31.2 Å². The third kappa shape index (κ3) is 4.38. The topological polar surface area (TPSA) is 110 Å². The molecule has 1 aromatic heterocycles. The molecule has 0 bridgehead atoms. The number of hydrogen-bond acceptors (Lipinski definition) is 5. The Bertz CT molecular complexity index is 714. The molecule has 0 spiro atoms. The number of urea groups is 1. The van der Waals surface area contributed by atoms with Crippen molar-refractivity contribution in [3.05, 3.63) is 18.2 Å². The molecule has 7 nitrogen and oxygen atoms in total. The van der Waals surface area contributed by atoms with E-state index in [1.807, 2.05) is 39.0 Å². The van der Waals surface area contributed by atoms with E-state index in [9.17, 15) is 9.59 Å². The van der Waals surface area contributed by atoms with Crippen LogP contribution in [0.5, 0.6) is 5.75 Å². The zero-order valence-electron chi connectivity index (χ0n) is 13.3. The lowest BCUT2D eigenvalue weighted by molar-refractivity contribution is -0.120. The van der Waals surface area contributed by atoms with Crippen molar-refractivity contribution in [3.8, 4) is 5.75 Å². The van der Waals surface area contributed by atoms with Crippen LogP contribution in [0.1, 0.15) is 20.8 Å². The van der Waals surface area contributed by atoms with Crippen molar-refractivity contribution >= 4 is 34.7 Å². The molecular formula is C15H20N4O3S. The number of fused-ring (bicyclic) bond motifs is 1. The molecule has 1 aromatic carbocycles. The average molecular weight is 336 g/mol. The standard InChI is InChI=1S/C15H20N4O3S/c1-4-22-9-5-6-10-11(7-9)18-15(17-10)23-12(8(2)3)13(20)19-14(16)21/h5-8,12H,4H2,1-3H3,(H,17,18)(H3,16,19,20,21). The van der Waals surface area contributed by atoms with Crippen molar-refractivity contribution < 1.29 is 14.3 Å². The minimum absolute atomic E-state index is 0.00606. The molecule has 0 saturated heterocycles. The fraction of sp³-hybridized carbons (Fsp3) is 0.400. The summed E-state index contributed by atoms with van der Waals surface area (Å²) in [6, 6.07) is 4.71. The molecule has 3 amide bonds. The summed E-state index contributed by atoms with van der Waals surface area (Å²) in [6.07, 6.45) is 0. The number of aromatic amines is 1. The molecule has 0 fully saturated rings. The fourth-order valence-electron chi connectivity index (χ4n) is 2.08. The zero-order chi connectivity index (χ0) is 17.0. The first-order valence-corrected chi connectivity index (χ1v) is 8.18. The second-order valence-corrected chi connectivity index (χ2v) is 6.42. The maximum Gasteiger partial charge on any atom is 0.318 e. The Labute approximate surface area is 138 Å². The number of amides is 3. The number of carbonyl (C=O) groups is 2. The van der Waals surface area contributed by atoms with E-state index < -0.39 is 17.2 Å². The number of carbonyl (C=O) groups excluding carboxylic acids is 2. The number of rotatable bonds is 6. The number of hydrogen-bond donors (Lipinski definition) is 3. The molecular weight excluding hydrogens is 316 g/mol. The summed E-state index contributed by atoms with van der Waals surface area (Å²) in [6.45, 7) is 6.30. The number of ether oxygens (including phenoxy) is 1. The first-order chi connectivity index (χ1) is 10.9. The summed E-state index contributed by atoms with van der Waals surface area (Å²) >= 11 is 1.26. The van der Waals surface area contributed by atoms with Crippen LogP contribution in [-0.4, -0.2) is 33.8 Å². The number of nitrogens with one attached hydrogen (secondary N) is 2. The van der Waals surface area contributed by atoms with Crippen LogP contribution in [0.3, 0.4) is 0 Å². The predicted molar refractivity (Wildman–Crippen MR) is 89.5 cm³/mol. The van der Waals surface area contributed by atoms with E-state index in [1.54, 1.807) is 0 Å². The van der Waals surface area contributed by atoms with E-state index in [4.69, 9.17) is 10.5 Å². The van der Waals surface area contributed by atoms with Crippen molar-refractivity contribution in [1.82, 2.24) is 15.3 Å². The molecule has 1 unspecified atom stereocenters. The van der Waals surface area contributed by atoms with Gasteiger partial charge in [-0.1, -0.05) is 25.6 Å². The molecule has 23 heavy (non-hydrogen) atoms. The lowest BCUT2D eigenvalue weighted by atomic mass is 10.1. The monoisotopic (exact) mass is 336 g/mol. The van der Waals surface area contributed by atoms with Gasteiger partial charge in [0.05, 0.1) is 22.9 Å². The van der Waals surface area contributed by atoms with Gasteiger partial charge in [-0.3, -0.25) is 10.1 Å². The number of primary amides is 1. The van der Waals surface area contributed by atoms with Crippen LogP contribution in [0.15, 0.2) is 23.4 Å². The summed E-state index contributed by atoms with van der Waals surface area (Å²) < 4.78 is 5.45. The highest BCUT2D eigenvalue weighted by molar-refractivity contribution is 8.00. The third-order valence-electron chi connectivity index (χ3n) is 3.09. The van der Waals surface area contributed by atoms with Gasteiger partial charge in [-0.05, 0) is 25.0 Å². The van der Waals surface area contributed by atoms with Gasteiger partial charge >= 0.3 is 6.03 Å². The maximum atomic E-state index is 12.1. The first-order valence-electron chi connectivity index (χ1n) is 7.30. The van der Waals surface area contributed by atoms with Gasteiger partial charge in [0.1, 0.15) is 5.75 Å². The smallest absolute Gasteiger partial charge is 0.318 e. The number of nitrogens with zero attached hydrogens (tertiary/aromatic N) is 1. The maximum absolute atomic E-state index is 12.1. The summed E-state index contributed by atoms with van der Waals surface area (Å²) in [4.78, 5) is 30.5. The average Bonchev–Trinajstić information content (AvgIpc) is 2.85. The molecule has 1 heterocycles. The number of H-pyrrole nitrogens is 1. The summed E-state index contributed by atoms with van der Waals surface area (Å²) in [5.74, 6) is 0.339. The Morgan fingerprint density at radius 1 is 1.43 bits per heavy atom. The predicted octanol–water partition coefficient (Wildman–Crippen LogP) is 2.27. The highest BCUT2D eigenvalue weighted by atomic mass is 32.2. The number of imidazole rings is 1. The van der Waals surface area contributed by atoms with Gasteiger partial charge in [0.2, 0.25) is 5.91 Å². The Balaban J connectivity index is 2.21. The van der Waals surface area contributed by atoms with E-state index in [2.05, 4.69) is 15.3 Å². The van der Waals surface area contributed by atoms with E-state index in [-0.39, 0.29) is 5.92 Å². The molecule has 2 aromatic rings. The summed E-state index contributed by atoms with van der Waals surface area (Å²) in [5.41, 5.74) is 6.63. The molecule has 0 aliphatic rings. The van der Waals surface area contributed by atoms with Crippen LogP contribution < -0.4 is 15.8 Å². The van der Waals surface area contributed by atoms with Crippen molar-refractivity contribution in [2.24, 2.45) is 11.7 Å². The number of benzene rings is 1. The van der Waals surface area contributed by atoms with E-state index >= 15 is 0 Å². The highest BCUT2D eigenvalue weighted by Crippen LogP contribution is 2.29. The Hall–Kier alpha value is -2.22. The van der Waals surface area contributed by atoms with Crippen LogP contribution in [-0.2, 0) is 4.79 Å². The molecule has 0 aliphatic carbocycles. The lowest BCUT2D eigenvalue weighted by Gasteiger charge is -2.17. The van der Waals surface area contributed by atoms with Crippen molar-refractivity contribution in [1.29, 1.82) is 0 Å². The van der Waals surface area contributed by atoms with Gasteiger partial charge in [-0.15, -0.1) is 0 Å². The highest BCUT2D eigenvalue weighted by Gasteiger charge is 2.25. The van der Waals surface area contributed by atoms with E-state index in [1.165, 1.54) is 11.8 Å². The Kier molecular flexibility index (Phi) is 5.49. The van der Waals surface area contributed by atoms with Crippen molar-refractivity contribution in [2.75, 3.05) is 6.61 Å². The first kappa shape index (κ1) is 17.1. The molecule has 124 valence electrons. The molecule has 8 heteroatoms. The second-order valence-electron chi connectivity index (χ2n) is 5.29. The van der Waals surface area contributed by atoms with Crippen molar-refractivity contribution in [3.63, 3.8) is 0 Å². The van der Waals surface area contributed by atoms with Gasteiger partial charge in [-0.2, -0.15) is 0 Å². The minimum Gasteiger partial charge on any atom is -0.494 e. The van der Waals surface area contributed by atoms with Crippen LogP contribution >= 0.6 is 11.8 Å². The zero-order valence-corrected chi connectivity index (χ0v) is 14.1. The van der Waals surface area contributed by atoms with Crippen LogP contribution in [0.4, 0.5) is 4.79 Å². The van der Waals surface area contributed by atoms with E-state index in [0.717, 1.165) is 16.8 Å². The van der Waals surface area contributed by atoms with E-state index in [0.29, 0.717) is 11.8 Å². The van der Waals surface area contributed by atoms with Gasteiger partial charge < -0.3 is 15.5 Å². The number of aromatic nitrogens is 2. The quantitative estimate of drug-likeness (QED) is 0.701. The summed E-state index contributed by atoms with van der Waals surface area (Å²) in [5, 5.41) is 2.25. The SMILES string of the molecule is CCOc1ccc2nc(SC(C(=O)NC(N)=O)C(C)C)[nH]c2c1. The lowest BCUT2D eigenvalue weighted by Crippen LogP contribution is -2.42. The second kappa shape index (κ2) is 7.36. The molecule has 0 saturated carbocycles.